The van der Waals surface area contributed by atoms with Gasteiger partial charge in [0.05, 0.1) is 0 Å². The van der Waals surface area contributed by atoms with Crippen LogP contribution < -0.4 is 10.6 Å². The molecular formula is C18H25N5. The maximum atomic E-state index is 5.82. The zero-order chi connectivity index (χ0) is 16.2. The Balaban J connectivity index is 1.96. The van der Waals surface area contributed by atoms with Crippen LogP contribution in [0, 0.1) is 12.8 Å². The van der Waals surface area contributed by atoms with Crippen molar-refractivity contribution in [2.24, 2.45) is 11.7 Å². The molecule has 1 fully saturated rings. The highest BCUT2D eigenvalue weighted by Gasteiger charge is 2.22. The molecular weight excluding hydrogens is 286 g/mol. The number of aromatic nitrogens is 3. The SMILES string of the molecule is CCc1c(C)nc(-c2ccncc2)nc1N1CCC(CN)CC1. The van der Waals surface area contributed by atoms with Crippen LogP contribution in [0.3, 0.4) is 0 Å². The predicted molar refractivity (Wildman–Crippen MR) is 93.4 cm³/mol. The molecule has 0 aliphatic carbocycles. The third-order valence-electron chi connectivity index (χ3n) is 4.73. The summed E-state index contributed by atoms with van der Waals surface area (Å²) in [6, 6.07) is 3.93. The van der Waals surface area contributed by atoms with Gasteiger partial charge in [0.15, 0.2) is 5.82 Å². The lowest BCUT2D eigenvalue weighted by Gasteiger charge is -2.33. The summed E-state index contributed by atoms with van der Waals surface area (Å²) in [6.07, 6.45) is 6.82. The van der Waals surface area contributed by atoms with Crippen LogP contribution >= 0.6 is 0 Å². The monoisotopic (exact) mass is 311 g/mol. The lowest BCUT2D eigenvalue weighted by Crippen LogP contribution is -2.37. The molecule has 3 rings (SSSR count). The van der Waals surface area contributed by atoms with Gasteiger partial charge in [0.25, 0.3) is 0 Å². The van der Waals surface area contributed by atoms with Gasteiger partial charge < -0.3 is 10.6 Å². The van der Waals surface area contributed by atoms with E-state index in [1.165, 1.54) is 5.56 Å². The Labute approximate surface area is 138 Å². The van der Waals surface area contributed by atoms with Gasteiger partial charge in [0.2, 0.25) is 0 Å². The fraction of sp³-hybridized carbons (Fsp3) is 0.500. The van der Waals surface area contributed by atoms with Gasteiger partial charge in [0.1, 0.15) is 5.82 Å². The standard InChI is InChI=1S/C18H25N5/c1-3-16-13(2)21-17(15-4-8-20-9-5-15)22-18(16)23-10-6-14(12-19)7-11-23/h4-5,8-9,14H,3,6-7,10-12,19H2,1-2H3. The Bertz CT molecular complexity index is 648. The molecule has 0 spiro atoms. The van der Waals surface area contributed by atoms with Crippen molar-refractivity contribution in [1.29, 1.82) is 0 Å². The fourth-order valence-corrected chi connectivity index (χ4v) is 3.27. The number of piperidine rings is 1. The van der Waals surface area contributed by atoms with Crippen molar-refractivity contribution in [3.05, 3.63) is 35.8 Å². The summed E-state index contributed by atoms with van der Waals surface area (Å²) in [4.78, 5) is 16.1. The second-order valence-electron chi connectivity index (χ2n) is 6.19. The highest BCUT2D eigenvalue weighted by atomic mass is 15.2. The van der Waals surface area contributed by atoms with Gasteiger partial charge in [-0.25, -0.2) is 9.97 Å². The van der Waals surface area contributed by atoms with Crippen molar-refractivity contribution in [3.8, 4) is 11.4 Å². The maximum Gasteiger partial charge on any atom is 0.161 e. The van der Waals surface area contributed by atoms with E-state index in [9.17, 15) is 0 Å². The first-order valence-electron chi connectivity index (χ1n) is 8.45. The van der Waals surface area contributed by atoms with Crippen LogP contribution in [0.5, 0.6) is 0 Å². The van der Waals surface area contributed by atoms with Crippen LogP contribution in [-0.2, 0) is 6.42 Å². The largest absolute Gasteiger partial charge is 0.356 e. The van der Waals surface area contributed by atoms with E-state index in [1.54, 1.807) is 12.4 Å². The smallest absolute Gasteiger partial charge is 0.161 e. The number of nitrogens with zero attached hydrogens (tertiary/aromatic N) is 4. The van der Waals surface area contributed by atoms with Gasteiger partial charge >= 0.3 is 0 Å². The van der Waals surface area contributed by atoms with E-state index in [4.69, 9.17) is 15.7 Å². The van der Waals surface area contributed by atoms with E-state index in [1.807, 2.05) is 12.1 Å². The van der Waals surface area contributed by atoms with Gasteiger partial charge in [-0.05, 0) is 50.8 Å². The molecule has 2 N–H and O–H groups in total. The van der Waals surface area contributed by atoms with Crippen LogP contribution in [-0.4, -0.2) is 34.6 Å². The van der Waals surface area contributed by atoms with Gasteiger partial charge in [-0.1, -0.05) is 6.92 Å². The number of hydrogen-bond acceptors (Lipinski definition) is 5. The van der Waals surface area contributed by atoms with Gasteiger partial charge in [-0.3, -0.25) is 4.98 Å². The lowest BCUT2D eigenvalue weighted by molar-refractivity contribution is 0.412. The number of pyridine rings is 1. The Kier molecular flexibility index (Phi) is 4.86. The molecule has 0 aromatic carbocycles. The summed E-state index contributed by atoms with van der Waals surface area (Å²) in [5, 5.41) is 0. The summed E-state index contributed by atoms with van der Waals surface area (Å²) < 4.78 is 0. The molecule has 0 bridgehead atoms. The molecule has 0 amide bonds. The van der Waals surface area contributed by atoms with Crippen LogP contribution in [0.25, 0.3) is 11.4 Å². The van der Waals surface area contributed by atoms with Crippen molar-refractivity contribution in [3.63, 3.8) is 0 Å². The minimum absolute atomic E-state index is 0.652. The van der Waals surface area contributed by atoms with Crippen LogP contribution in [0.15, 0.2) is 24.5 Å². The molecule has 2 aromatic rings. The van der Waals surface area contributed by atoms with E-state index in [0.717, 1.165) is 61.8 Å². The molecule has 0 unspecified atom stereocenters. The summed E-state index contributed by atoms with van der Waals surface area (Å²) in [7, 11) is 0. The predicted octanol–water partition coefficient (Wildman–Crippen LogP) is 2.58. The molecule has 5 heteroatoms. The van der Waals surface area contributed by atoms with Crippen LogP contribution in [0.1, 0.15) is 31.0 Å². The Morgan fingerprint density at radius 3 is 2.48 bits per heavy atom. The molecule has 122 valence electrons. The molecule has 0 radical (unpaired) electrons. The molecule has 0 saturated carbocycles. The average Bonchev–Trinajstić information content (AvgIpc) is 2.62. The van der Waals surface area contributed by atoms with E-state index in [-0.39, 0.29) is 0 Å². The van der Waals surface area contributed by atoms with Gasteiger partial charge in [0, 0.05) is 42.3 Å². The number of anilines is 1. The second-order valence-corrected chi connectivity index (χ2v) is 6.19. The van der Waals surface area contributed by atoms with Crippen molar-refractivity contribution in [2.45, 2.75) is 33.1 Å². The van der Waals surface area contributed by atoms with Crippen LogP contribution in [0.2, 0.25) is 0 Å². The molecule has 2 aromatic heterocycles. The molecule has 1 aliphatic heterocycles. The van der Waals surface area contributed by atoms with E-state index in [0.29, 0.717) is 5.92 Å². The summed E-state index contributed by atoms with van der Waals surface area (Å²) in [5.41, 5.74) is 9.17. The summed E-state index contributed by atoms with van der Waals surface area (Å²) in [6.45, 7) is 7.11. The zero-order valence-corrected chi connectivity index (χ0v) is 14.0. The Morgan fingerprint density at radius 1 is 1.17 bits per heavy atom. The van der Waals surface area contributed by atoms with E-state index in [2.05, 4.69) is 23.7 Å². The molecule has 1 saturated heterocycles. The first-order valence-corrected chi connectivity index (χ1v) is 8.45. The van der Waals surface area contributed by atoms with Gasteiger partial charge in [-0.2, -0.15) is 0 Å². The van der Waals surface area contributed by atoms with Crippen LogP contribution in [0.4, 0.5) is 5.82 Å². The third-order valence-corrected chi connectivity index (χ3v) is 4.73. The first-order chi connectivity index (χ1) is 11.2. The normalized spacial score (nSPS) is 15.9. The van der Waals surface area contributed by atoms with E-state index >= 15 is 0 Å². The minimum atomic E-state index is 0.652. The Morgan fingerprint density at radius 2 is 1.87 bits per heavy atom. The highest BCUT2D eigenvalue weighted by molar-refractivity contribution is 5.60. The second kappa shape index (κ2) is 7.04. The third kappa shape index (κ3) is 3.34. The quantitative estimate of drug-likeness (QED) is 0.940. The number of rotatable bonds is 4. The fourth-order valence-electron chi connectivity index (χ4n) is 3.27. The number of nitrogens with two attached hydrogens (primary N) is 1. The molecule has 23 heavy (non-hydrogen) atoms. The van der Waals surface area contributed by atoms with Crippen molar-refractivity contribution >= 4 is 5.82 Å². The summed E-state index contributed by atoms with van der Waals surface area (Å²) >= 11 is 0. The molecule has 5 nitrogen and oxygen atoms in total. The van der Waals surface area contributed by atoms with Crippen molar-refractivity contribution < 1.29 is 0 Å². The summed E-state index contributed by atoms with van der Waals surface area (Å²) in [5.74, 6) is 2.54. The number of hydrogen-bond donors (Lipinski definition) is 1. The zero-order valence-electron chi connectivity index (χ0n) is 14.0. The number of aryl methyl sites for hydroxylation is 1. The van der Waals surface area contributed by atoms with Gasteiger partial charge in [-0.15, -0.1) is 0 Å². The molecule has 3 heterocycles. The van der Waals surface area contributed by atoms with E-state index < -0.39 is 0 Å². The van der Waals surface area contributed by atoms with Crippen molar-refractivity contribution in [1.82, 2.24) is 15.0 Å². The Hall–Kier alpha value is -2.01. The molecule has 0 atom stereocenters. The van der Waals surface area contributed by atoms with Crippen molar-refractivity contribution in [2.75, 3.05) is 24.5 Å². The topological polar surface area (TPSA) is 67.9 Å². The highest BCUT2D eigenvalue weighted by Crippen LogP contribution is 2.28. The minimum Gasteiger partial charge on any atom is -0.356 e. The molecule has 1 aliphatic rings. The lowest BCUT2D eigenvalue weighted by atomic mass is 9.96. The first kappa shape index (κ1) is 15.9. The maximum absolute atomic E-state index is 5.82. The average molecular weight is 311 g/mol.